The molecule has 5 nitrogen and oxygen atoms in total. The fourth-order valence-electron chi connectivity index (χ4n) is 4.92. The Hall–Kier alpha value is -2.34. The third-order valence-electron chi connectivity index (χ3n) is 6.68. The van der Waals surface area contributed by atoms with Crippen molar-refractivity contribution in [1.29, 1.82) is 0 Å². The van der Waals surface area contributed by atoms with Crippen LogP contribution in [-0.4, -0.2) is 46.4 Å². The van der Waals surface area contributed by atoms with Gasteiger partial charge < -0.3 is 15.1 Å². The second kappa shape index (κ2) is 9.65. The van der Waals surface area contributed by atoms with E-state index in [1.54, 1.807) is 16.2 Å². The number of nitrogens with zero attached hydrogens (tertiary/aromatic N) is 2. The SMILES string of the molecule is CC(C)(C)N(CC(=O)N1CCc2sccc2C1c1ccccc1)C(=O)NC1CCCCC1. The molecule has 1 aromatic carbocycles. The van der Waals surface area contributed by atoms with Crippen molar-refractivity contribution < 1.29 is 9.59 Å². The van der Waals surface area contributed by atoms with E-state index in [0.29, 0.717) is 6.54 Å². The summed E-state index contributed by atoms with van der Waals surface area (Å²) in [5, 5.41) is 5.32. The van der Waals surface area contributed by atoms with E-state index in [-0.39, 0.29) is 30.6 Å². The molecule has 6 heteroatoms. The number of hydrogen-bond donors (Lipinski definition) is 1. The fraction of sp³-hybridized carbons (Fsp3) is 0.538. The number of nitrogens with one attached hydrogen (secondary N) is 1. The maximum Gasteiger partial charge on any atom is 0.318 e. The van der Waals surface area contributed by atoms with Gasteiger partial charge in [-0.15, -0.1) is 11.3 Å². The minimum atomic E-state index is -0.444. The highest BCUT2D eigenvalue weighted by atomic mass is 32.1. The van der Waals surface area contributed by atoms with Crippen LogP contribution in [0.3, 0.4) is 0 Å². The first-order valence-electron chi connectivity index (χ1n) is 11.8. The first-order valence-corrected chi connectivity index (χ1v) is 12.7. The third-order valence-corrected chi connectivity index (χ3v) is 7.68. The van der Waals surface area contributed by atoms with Gasteiger partial charge in [0.05, 0.1) is 6.04 Å². The first kappa shape index (κ1) is 22.8. The molecule has 4 rings (SSSR count). The first-order chi connectivity index (χ1) is 15.3. The maximum atomic E-state index is 13.7. The molecular weight excluding hydrogens is 418 g/mol. The fourth-order valence-corrected chi connectivity index (χ4v) is 5.82. The summed E-state index contributed by atoms with van der Waals surface area (Å²) in [6.45, 7) is 6.77. The lowest BCUT2D eigenvalue weighted by atomic mass is 9.93. The Bertz CT molecular complexity index is 928. The van der Waals surface area contributed by atoms with Gasteiger partial charge in [0.1, 0.15) is 6.54 Å². The summed E-state index contributed by atoms with van der Waals surface area (Å²) in [7, 11) is 0. The van der Waals surface area contributed by atoms with Crippen LogP contribution in [0.1, 0.15) is 74.9 Å². The number of thiophene rings is 1. The van der Waals surface area contributed by atoms with Crippen molar-refractivity contribution in [1.82, 2.24) is 15.1 Å². The highest BCUT2D eigenvalue weighted by Crippen LogP contribution is 2.38. The molecule has 0 spiro atoms. The molecule has 2 aromatic rings. The van der Waals surface area contributed by atoms with E-state index in [4.69, 9.17) is 0 Å². The van der Waals surface area contributed by atoms with Crippen molar-refractivity contribution in [2.24, 2.45) is 0 Å². The van der Waals surface area contributed by atoms with E-state index in [2.05, 4.69) is 28.9 Å². The summed E-state index contributed by atoms with van der Waals surface area (Å²) < 4.78 is 0. The van der Waals surface area contributed by atoms with Crippen molar-refractivity contribution in [2.45, 2.75) is 76.9 Å². The van der Waals surface area contributed by atoms with Gasteiger partial charge in [0.15, 0.2) is 0 Å². The Morgan fingerprint density at radius 3 is 2.50 bits per heavy atom. The van der Waals surface area contributed by atoms with Crippen LogP contribution in [0.4, 0.5) is 4.79 Å². The van der Waals surface area contributed by atoms with E-state index in [0.717, 1.165) is 37.7 Å². The van der Waals surface area contributed by atoms with Crippen LogP contribution in [0.5, 0.6) is 0 Å². The predicted octanol–water partition coefficient (Wildman–Crippen LogP) is 5.37. The quantitative estimate of drug-likeness (QED) is 0.677. The molecule has 1 N–H and O–H groups in total. The highest BCUT2D eigenvalue weighted by molar-refractivity contribution is 7.10. The minimum Gasteiger partial charge on any atom is -0.335 e. The lowest BCUT2D eigenvalue weighted by Gasteiger charge is -2.41. The molecule has 1 fully saturated rings. The largest absolute Gasteiger partial charge is 0.335 e. The van der Waals surface area contributed by atoms with Crippen LogP contribution in [0.2, 0.25) is 0 Å². The van der Waals surface area contributed by atoms with Gasteiger partial charge in [-0.2, -0.15) is 0 Å². The molecule has 172 valence electrons. The Labute approximate surface area is 195 Å². The Morgan fingerprint density at radius 1 is 1.09 bits per heavy atom. The molecule has 2 heterocycles. The van der Waals surface area contributed by atoms with Gasteiger partial charge in [0.25, 0.3) is 0 Å². The molecule has 32 heavy (non-hydrogen) atoms. The van der Waals surface area contributed by atoms with E-state index >= 15 is 0 Å². The smallest absolute Gasteiger partial charge is 0.318 e. The van der Waals surface area contributed by atoms with E-state index in [1.165, 1.54) is 16.9 Å². The number of carbonyl (C=O) groups excluding carboxylic acids is 2. The van der Waals surface area contributed by atoms with Gasteiger partial charge in [0, 0.05) is 23.0 Å². The monoisotopic (exact) mass is 453 g/mol. The number of benzene rings is 1. The number of urea groups is 1. The zero-order chi connectivity index (χ0) is 22.7. The topological polar surface area (TPSA) is 52.7 Å². The zero-order valence-corrected chi connectivity index (χ0v) is 20.3. The maximum absolute atomic E-state index is 13.7. The molecule has 3 amide bonds. The molecule has 1 saturated carbocycles. The summed E-state index contributed by atoms with van der Waals surface area (Å²) in [5.74, 6) is 0.00409. The lowest BCUT2D eigenvalue weighted by molar-refractivity contribution is -0.134. The standard InChI is InChI=1S/C26H35N3O2S/c1-26(2,3)29(25(31)27-20-12-8-5-9-13-20)18-23(30)28-16-14-22-21(15-17-32-22)24(28)19-10-6-4-7-11-19/h4,6-7,10-11,15,17,20,24H,5,8-9,12-14,16,18H2,1-3H3,(H,27,31). The van der Waals surface area contributed by atoms with Gasteiger partial charge >= 0.3 is 6.03 Å². The second-order valence-electron chi connectivity index (χ2n) is 9.99. The third kappa shape index (κ3) is 5.01. The highest BCUT2D eigenvalue weighted by Gasteiger charge is 2.36. The van der Waals surface area contributed by atoms with Crippen molar-refractivity contribution in [3.05, 3.63) is 57.8 Å². The van der Waals surface area contributed by atoms with Crippen molar-refractivity contribution in [3.8, 4) is 0 Å². The number of hydrogen-bond acceptors (Lipinski definition) is 3. The van der Waals surface area contributed by atoms with Crippen molar-refractivity contribution in [2.75, 3.05) is 13.1 Å². The summed E-state index contributed by atoms with van der Waals surface area (Å²) in [5.41, 5.74) is 1.89. The summed E-state index contributed by atoms with van der Waals surface area (Å²) in [4.78, 5) is 31.9. The van der Waals surface area contributed by atoms with Crippen LogP contribution in [0.25, 0.3) is 0 Å². The molecule has 1 atom stereocenters. The molecule has 0 saturated heterocycles. The Morgan fingerprint density at radius 2 is 1.81 bits per heavy atom. The van der Waals surface area contributed by atoms with Crippen LogP contribution in [-0.2, 0) is 11.2 Å². The second-order valence-corrected chi connectivity index (χ2v) is 11.0. The van der Waals surface area contributed by atoms with E-state index in [1.807, 2.05) is 43.9 Å². The average Bonchev–Trinajstić information content (AvgIpc) is 3.26. The van der Waals surface area contributed by atoms with E-state index in [9.17, 15) is 9.59 Å². The normalized spacial score (nSPS) is 19.3. The van der Waals surface area contributed by atoms with Gasteiger partial charge in [-0.05, 0) is 62.6 Å². The van der Waals surface area contributed by atoms with Crippen molar-refractivity contribution >= 4 is 23.3 Å². The van der Waals surface area contributed by atoms with Crippen LogP contribution < -0.4 is 5.32 Å². The van der Waals surface area contributed by atoms with Crippen LogP contribution in [0, 0.1) is 0 Å². The Kier molecular flexibility index (Phi) is 6.89. The minimum absolute atomic E-state index is 0.00409. The summed E-state index contributed by atoms with van der Waals surface area (Å²) in [6, 6.07) is 12.4. The van der Waals surface area contributed by atoms with Gasteiger partial charge in [0.2, 0.25) is 5.91 Å². The molecule has 0 radical (unpaired) electrons. The number of fused-ring (bicyclic) bond motifs is 1. The molecule has 1 unspecified atom stereocenters. The van der Waals surface area contributed by atoms with Crippen molar-refractivity contribution in [3.63, 3.8) is 0 Å². The van der Waals surface area contributed by atoms with Crippen LogP contribution in [0.15, 0.2) is 41.8 Å². The van der Waals surface area contributed by atoms with Gasteiger partial charge in [-0.3, -0.25) is 4.79 Å². The van der Waals surface area contributed by atoms with E-state index < -0.39 is 5.54 Å². The predicted molar refractivity (Wildman–Crippen MR) is 130 cm³/mol. The summed E-state index contributed by atoms with van der Waals surface area (Å²) >= 11 is 1.77. The number of amides is 3. The average molecular weight is 454 g/mol. The molecule has 0 bridgehead atoms. The molecular formula is C26H35N3O2S. The van der Waals surface area contributed by atoms with Gasteiger partial charge in [-0.25, -0.2) is 4.79 Å². The van der Waals surface area contributed by atoms with Gasteiger partial charge in [-0.1, -0.05) is 49.6 Å². The number of carbonyl (C=O) groups is 2. The van der Waals surface area contributed by atoms with Crippen LogP contribution >= 0.6 is 11.3 Å². The number of rotatable bonds is 4. The summed E-state index contributed by atoms with van der Waals surface area (Å²) in [6.07, 6.45) is 6.49. The lowest BCUT2D eigenvalue weighted by Crippen LogP contribution is -2.57. The Balaban J connectivity index is 1.55. The zero-order valence-electron chi connectivity index (χ0n) is 19.5. The molecule has 1 aromatic heterocycles. The molecule has 2 aliphatic rings. The molecule has 1 aliphatic carbocycles. The molecule has 1 aliphatic heterocycles.